The van der Waals surface area contributed by atoms with E-state index in [1.54, 1.807) is 18.2 Å². The Morgan fingerprint density at radius 1 is 0.950 bits per heavy atom. The van der Waals surface area contributed by atoms with Crippen molar-refractivity contribution in [1.29, 1.82) is 0 Å². The average Bonchev–Trinajstić information content (AvgIpc) is 2.47. The molecule has 20 heavy (non-hydrogen) atoms. The summed E-state index contributed by atoms with van der Waals surface area (Å²) in [6.45, 7) is 0. The van der Waals surface area contributed by atoms with Crippen LogP contribution in [0.4, 0.5) is 5.69 Å². The normalized spacial score (nSPS) is 10.4. The Morgan fingerprint density at radius 2 is 1.60 bits per heavy atom. The van der Waals surface area contributed by atoms with Crippen LogP contribution in [0.5, 0.6) is 0 Å². The van der Waals surface area contributed by atoms with Crippen molar-refractivity contribution in [2.75, 3.05) is 5.73 Å². The molecule has 4 heteroatoms. The van der Waals surface area contributed by atoms with Crippen LogP contribution in [0.3, 0.4) is 0 Å². The van der Waals surface area contributed by atoms with Crippen LogP contribution in [-0.2, 0) is 9.53 Å². The summed E-state index contributed by atoms with van der Waals surface area (Å²) in [6, 6.07) is 15.4. The maximum Gasteiger partial charge on any atom is 0.346 e. The van der Waals surface area contributed by atoms with E-state index in [9.17, 15) is 9.59 Å². The number of rotatable bonds is 3. The Morgan fingerprint density at radius 3 is 2.25 bits per heavy atom. The number of ether oxygens (including phenoxy) is 1. The zero-order chi connectivity index (χ0) is 14.4. The Hall–Kier alpha value is -2.88. The van der Waals surface area contributed by atoms with Gasteiger partial charge in [0.1, 0.15) is 0 Å². The Bertz CT molecular complexity index is 631. The molecule has 0 saturated carbocycles. The quantitative estimate of drug-likeness (QED) is 0.402. The van der Waals surface area contributed by atoms with E-state index < -0.39 is 11.9 Å². The van der Waals surface area contributed by atoms with Gasteiger partial charge in [0.2, 0.25) is 0 Å². The number of carbonyl (C=O) groups excluding carboxylic acids is 2. The van der Waals surface area contributed by atoms with Crippen LogP contribution in [0.15, 0.2) is 60.7 Å². The lowest BCUT2D eigenvalue weighted by Gasteiger charge is -2.00. The fourth-order valence-electron chi connectivity index (χ4n) is 1.53. The van der Waals surface area contributed by atoms with E-state index in [1.165, 1.54) is 18.2 Å². The summed E-state index contributed by atoms with van der Waals surface area (Å²) in [7, 11) is 0. The van der Waals surface area contributed by atoms with E-state index in [2.05, 4.69) is 0 Å². The van der Waals surface area contributed by atoms with E-state index in [1.807, 2.05) is 30.3 Å². The number of carbonyl (C=O) groups is 2. The summed E-state index contributed by atoms with van der Waals surface area (Å²) >= 11 is 0. The molecule has 2 rings (SSSR count). The van der Waals surface area contributed by atoms with Crippen LogP contribution in [-0.4, -0.2) is 11.9 Å². The van der Waals surface area contributed by atoms with E-state index in [4.69, 9.17) is 10.5 Å². The maximum atomic E-state index is 11.7. The van der Waals surface area contributed by atoms with Crippen molar-refractivity contribution in [1.82, 2.24) is 0 Å². The highest BCUT2D eigenvalue weighted by atomic mass is 16.6. The molecule has 4 nitrogen and oxygen atoms in total. The molecule has 0 atom stereocenters. The van der Waals surface area contributed by atoms with E-state index in [0.29, 0.717) is 5.69 Å². The fraction of sp³-hybridized carbons (Fsp3) is 0. The molecular weight excluding hydrogens is 254 g/mol. The van der Waals surface area contributed by atoms with Gasteiger partial charge in [0, 0.05) is 11.8 Å². The first-order valence-electron chi connectivity index (χ1n) is 6.00. The van der Waals surface area contributed by atoms with Gasteiger partial charge in [-0.25, -0.2) is 9.59 Å². The van der Waals surface area contributed by atoms with Gasteiger partial charge in [0.25, 0.3) is 0 Å². The minimum Gasteiger partial charge on any atom is -0.399 e. The minimum atomic E-state index is -0.712. The molecule has 0 aliphatic heterocycles. The van der Waals surface area contributed by atoms with Gasteiger partial charge in [-0.2, -0.15) is 0 Å². The van der Waals surface area contributed by atoms with Crippen LogP contribution >= 0.6 is 0 Å². The molecule has 0 fully saturated rings. The smallest absolute Gasteiger partial charge is 0.346 e. The number of nitrogen functional groups attached to an aromatic ring is 1. The molecule has 0 heterocycles. The van der Waals surface area contributed by atoms with Crippen molar-refractivity contribution in [3.8, 4) is 0 Å². The number of hydrogen-bond acceptors (Lipinski definition) is 4. The highest BCUT2D eigenvalue weighted by Gasteiger charge is 2.10. The average molecular weight is 267 g/mol. The van der Waals surface area contributed by atoms with Gasteiger partial charge in [-0.1, -0.05) is 30.3 Å². The highest BCUT2D eigenvalue weighted by molar-refractivity contribution is 6.01. The lowest BCUT2D eigenvalue weighted by molar-refractivity contribution is -0.132. The molecule has 2 aromatic rings. The third kappa shape index (κ3) is 3.81. The molecule has 2 N–H and O–H groups in total. The molecular formula is C16H13NO3. The molecule has 2 aromatic carbocycles. The van der Waals surface area contributed by atoms with Gasteiger partial charge in [0.15, 0.2) is 0 Å². The second-order valence-corrected chi connectivity index (χ2v) is 4.07. The summed E-state index contributed by atoms with van der Waals surface area (Å²) < 4.78 is 4.69. The molecule has 0 spiro atoms. The lowest BCUT2D eigenvalue weighted by Crippen LogP contribution is -2.10. The minimum absolute atomic E-state index is 0.278. The first-order valence-corrected chi connectivity index (χ1v) is 6.00. The maximum absolute atomic E-state index is 11.7. The molecule has 0 amide bonds. The lowest BCUT2D eigenvalue weighted by atomic mass is 10.2. The molecule has 0 aliphatic carbocycles. The largest absolute Gasteiger partial charge is 0.399 e. The third-order valence-corrected chi connectivity index (χ3v) is 2.55. The van der Waals surface area contributed by atoms with Crippen molar-refractivity contribution < 1.29 is 14.3 Å². The van der Waals surface area contributed by atoms with Gasteiger partial charge < -0.3 is 10.5 Å². The van der Waals surface area contributed by atoms with Crippen molar-refractivity contribution in [2.45, 2.75) is 0 Å². The summed E-state index contributed by atoms with van der Waals surface area (Å²) in [5, 5.41) is 0. The Labute approximate surface area is 116 Å². The van der Waals surface area contributed by atoms with Crippen LogP contribution in [0.1, 0.15) is 15.9 Å². The second kappa shape index (κ2) is 6.33. The van der Waals surface area contributed by atoms with Gasteiger partial charge in [0.05, 0.1) is 5.56 Å². The van der Waals surface area contributed by atoms with Crippen molar-refractivity contribution in [3.05, 3.63) is 71.8 Å². The molecule has 0 aliphatic rings. The Kier molecular flexibility index (Phi) is 4.29. The monoisotopic (exact) mass is 267 g/mol. The summed E-state index contributed by atoms with van der Waals surface area (Å²) in [4.78, 5) is 23.2. The van der Waals surface area contributed by atoms with Gasteiger partial charge in [-0.3, -0.25) is 0 Å². The summed E-state index contributed by atoms with van der Waals surface area (Å²) in [6.07, 6.45) is 2.79. The van der Waals surface area contributed by atoms with Gasteiger partial charge in [-0.05, 0) is 35.9 Å². The highest BCUT2D eigenvalue weighted by Crippen LogP contribution is 2.07. The molecule has 0 unspecified atom stereocenters. The van der Waals surface area contributed by atoms with Crippen molar-refractivity contribution in [2.24, 2.45) is 0 Å². The topological polar surface area (TPSA) is 69.4 Å². The zero-order valence-electron chi connectivity index (χ0n) is 10.7. The first-order chi connectivity index (χ1) is 9.65. The second-order valence-electron chi connectivity index (χ2n) is 4.07. The standard InChI is InChI=1S/C16H13NO3/c17-14-9-7-13(8-10-14)16(19)20-15(18)11-6-12-4-2-1-3-5-12/h1-11H,17H2/b11-6+. The van der Waals surface area contributed by atoms with Crippen molar-refractivity contribution >= 4 is 23.7 Å². The summed E-state index contributed by atoms with van der Waals surface area (Å²) in [5.41, 5.74) is 7.18. The van der Waals surface area contributed by atoms with Crippen LogP contribution in [0.2, 0.25) is 0 Å². The molecule has 0 bridgehead atoms. The van der Waals surface area contributed by atoms with Crippen LogP contribution < -0.4 is 5.73 Å². The number of nitrogens with two attached hydrogens (primary N) is 1. The number of esters is 2. The third-order valence-electron chi connectivity index (χ3n) is 2.55. The number of hydrogen-bond donors (Lipinski definition) is 1. The zero-order valence-corrected chi connectivity index (χ0v) is 10.7. The predicted molar refractivity (Wildman–Crippen MR) is 76.8 cm³/mol. The predicted octanol–water partition coefficient (Wildman–Crippen LogP) is 2.67. The molecule has 0 radical (unpaired) electrons. The fourth-order valence-corrected chi connectivity index (χ4v) is 1.53. The van der Waals surface area contributed by atoms with E-state index >= 15 is 0 Å². The van der Waals surface area contributed by atoms with Crippen molar-refractivity contribution in [3.63, 3.8) is 0 Å². The Balaban J connectivity index is 1.96. The van der Waals surface area contributed by atoms with Gasteiger partial charge in [-0.15, -0.1) is 0 Å². The summed E-state index contributed by atoms with van der Waals surface area (Å²) in [5.74, 6) is -1.41. The SMILES string of the molecule is Nc1ccc(C(=O)OC(=O)/C=C/c2ccccc2)cc1. The van der Waals surface area contributed by atoms with Crippen LogP contribution in [0, 0.1) is 0 Å². The number of anilines is 1. The van der Waals surface area contributed by atoms with E-state index in [0.717, 1.165) is 5.56 Å². The molecule has 100 valence electrons. The van der Waals surface area contributed by atoms with Gasteiger partial charge >= 0.3 is 11.9 Å². The van der Waals surface area contributed by atoms with Crippen LogP contribution in [0.25, 0.3) is 6.08 Å². The molecule has 0 saturated heterocycles. The molecule has 0 aromatic heterocycles. The first kappa shape index (κ1) is 13.5. The van der Waals surface area contributed by atoms with E-state index in [-0.39, 0.29) is 5.56 Å². The number of benzene rings is 2.